The van der Waals surface area contributed by atoms with Crippen LogP contribution in [0.3, 0.4) is 0 Å². The number of aromatic nitrogens is 1. The fourth-order valence-corrected chi connectivity index (χ4v) is 3.64. The van der Waals surface area contributed by atoms with Gasteiger partial charge in [-0.1, -0.05) is 19.1 Å². The first kappa shape index (κ1) is 20.1. The van der Waals surface area contributed by atoms with Crippen LogP contribution in [0.4, 0.5) is 5.13 Å². The highest BCUT2D eigenvalue weighted by Crippen LogP contribution is 2.28. The summed E-state index contributed by atoms with van der Waals surface area (Å²) >= 11 is 1.38. The van der Waals surface area contributed by atoms with Crippen molar-refractivity contribution in [3.63, 3.8) is 0 Å². The van der Waals surface area contributed by atoms with Gasteiger partial charge in [-0.3, -0.25) is 14.5 Å². The summed E-state index contributed by atoms with van der Waals surface area (Å²) in [6.45, 7) is 2.46. The van der Waals surface area contributed by atoms with E-state index in [1.54, 1.807) is 24.3 Å². The first-order valence-electron chi connectivity index (χ1n) is 7.97. The highest BCUT2D eigenvalue weighted by molar-refractivity contribution is 8.93. The van der Waals surface area contributed by atoms with E-state index >= 15 is 0 Å². The number of hydrogen-bond donors (Lipinski definition) is 2. The molecule has 2 amide bonds. The fraction of sp³-hybridized carbons (Fsp3) is 0.294. The van der Waals surface area contributed by atoms with Crippen LogP contribution in [-0.4, -0.2) is 34.2 Å². The van der Waals surface area contributed by atoms with Crippen molar-refractivity contribution in [2.75, 3.05) is 6.54 Å². The summed E-state index contributed by atoms with van der Waals surface area (Å²) in [6.07, 6.45) is 1.51. The Morgan fingerprint density at radius 2 is 1.85 bits per heavy atom. The molecule has 1 atom stereocenters. The molecule has 1 unspecified atom stereocenters. The third kappa shape index (κ3) is 4.10. The van der Waals surface area contributed by atoms with E-state index in [0.29, 0.717) is 29.2 Å². The van der Waals surface area contributed by atoms with Crippen molar-refractivity contribution >= 4 is 51.2 Å². The van der Waals surface area contributed by atoms with Gasteiger partial charge in [0.1, 0.15) is 0 Å². The Morgan fingerprint density at radius 1 is 1.23 bits per heavy atom. The number of fused-ring (bicyclic) bond motifs is 1. The number of carbonyl (C=O) groups excluding carboxylic acids is 2. The second-order valence-electron chi connectivity index (χ2n) is 5.94. The van der Waals surface area contributed by atoms with E-state index in [0.717, 1.165) is 12.1 Å². The first-order valence-corrected chi connectivity index (χ1v) is 8.85. The second-order valence-corrected chi connectivity index (χ2v) is 6.78. The predicted molar refractivity (Wildman–Crippen MR) is 107 cm³/mol. The Labute approximate surface area is 165 Å². The summed E-state index contributed by atoms with van der Waals surface area (Å²) in [5, 5.41) is 2.45. The number of nitrogens with two attached hydrogens (primary N) is 2. The van der Waals surface area contributed by atoms with Crippen molar-refractivity contribution in [1.29, 1.82) is 0 Å². The third-order valence-electron chi connectivity index (χ3n) is 4.14. The summed E-state index contributed by atoms with van der Waals surface area (Å²) < 4.78 is 0. The standard InChI is InChI=1S/C17H19N5O2S.BrH/c1-10(13-9-25-17(20-13)21-16(18)19)5-4-8-22-14(23)11-6-2-3-7-12(11)15(22)24;/h2-3,6-7,9-10H,4-5,8H2,1H3,(H4,18,19,20,21);1H. The Bertz CT molecular complexity index is 812. The Kier molecular flexibility index (Phi) is 6.49. The van der Waals surface area contributed by atoms with Crippen molar-refractivity contribution in [3.05, 3.63) is 46.5 Å². The smallest absolute Gasteiger partial charge is 0.261 e. The highest BCUT2D eigenvalue weighted by Gasteiger charge is 2.34. The maximum absolute atomic E-state index is 12.3. The zero-order chi connectivity index (χ0) is 18.0. The number of halogens is 1. The maximum atomic E-state index is 12.3. The van der Waals surface area contributed by atoms with Gasteiger partial charge in [0.2, 0.25) is 5.13 Å². The molecule has 0 saturated carbocycles. The quantitative estimate of drug-likeness (QED) is 0.409. The van der Waals surface area contributed by atoms with E-state index in [1.165, 1.54) is 16.2 Å². The summed E-state index contributed by atoms with van der Waals surface area (Å²) in [5.74, 6) is -0.248. The molecule has 26 heavy (non-hydrogen) atoms. The zero-order valence-corrected chi connectivity index (χ0v) is 16.7. The van der Waals surface area contributed by atoms with E-state index in [4.69, 9.17) is 11.5 Å². The van der Waals surface area contributed by atoms with Crippen molar-refractivity contribution in [2.45, 2.75) is 25.7 Å². The summed E-state index contributed by atoms with van der Waals surface area (Å²) in [5.41, 5.74) is 12.6. The van der Waals surface area contributed by atoms with Gasteiger partial charge in [-0.25, -0.2) is 4.98 Å². The van der Waals surface area contributed by atoms with E-state index in [1.807, 2.05) is 5.38 Å². The van der Waals surface area contributed by atoms with Crippen LogP contribution in [0.15, 0.2) is 34.6 Å². The molecule has 2 aromatic rings. The van der Waals surface area contributed by atoms with Crippen LogP contribution in [-0.2, 0) is 0 Å². The van der Waals surface area contributed by atoms with E-state index in [-0.39, 0.29) is 40.7 Å². The molecule has 3 rings (SSSR count). The van der Waals surface area contributed by atoms with Crippen LogP contribution in [0.2, 0.25) is 0 Å². The summed E-state index contributed by atoms with van der Waals surface area (Å²) in [7, 11) is 0. The minimum Gasteiger partial charge on any atom is -0.370 e. The molecule has 1 aromatic heterocycles. The van der Waals surface area contributed by atoms with E-state index in [9.17, 15) is 9.59 Å². The summed E-state index contributed by atoms with van der Waals surface area (Å²) in [6, 6.07) is 6.93. The molecule has 0 spiro atoms. The predicted octanol–water partition coefficient (Wildman–Crippen LogP) is 2.81. The Balaban J connectivity index is 0.00000243. The van der Waals surface area contributed by atoms with Crippen LogP contribution in [0.25, 0.3) is 0 Å². The van der Waals surface area contributed by atoms with E-state index in [2.05, 4.69) is 16.9 Å². The molecule has 1 aliphatic rings. The van der Waals surface area contributed by atoms with Gasteiger partial charge in [-0.15, -0.1) is 28.3 Å². The summed E-state index contributed by atoms with van der Waals surface area (Å²) in [4.78, 5) is 34.3. The van der Waals surface area contributed by atoms with Gasteiger partial charge in [-0.2, -0.15) is 4.99 Å². The molecule has 138 valence electrons. The van der Waals surface area contributed by atoms with Gasteiger partial charge in [0, 0.05) is 11.9 Å². The molecule has 0 radical (unpaired) electrons. The zero-order valence-electron chi connectivity index (χ0n) is 14.2. The fourth-order valence-electron chi connectivity index (χ4n) is 2.81. The number of amides is 2. The topological polar surface area (TPSA) is 115 Å². The van der Waals surface area contributed by atoms with Gasteiger partial charge in [0.05, 0.1) is 16.8 Å². The number of aliphatic imine (C=N–C) groups is 1. The second kappa shape index (κ2) is 8.41. The van der Waals surface area contributed by atoms with Crippen molar-refractivity contribution in [2.24, 2.45) is 16.5 Å². The van der Waals surface area contributed by atoms with Gasteiger partial charge in [-0.05, 0) is 30.9 Å². The van der Waals surface area contributed by atoms with Crippen LogP contribution >= 0.6 is 28.3 Å². The maximum Gasteiger partial charge on any atom is 0.261 e. The Hall–Kier alpha value is -2.26. The number of imide groups is 1. The molecule has 1 aliphatic heterocycles. The molecule has 0 saturated heterocycles. The van der Waals surface area contributed by atoms with Crippen LogP contribution in [0, 0.1) is 0 Å². The third-order valence-corrected chi connectivity index (χ3v) is 4.89. The molecule has 0 bridgehead atoms. The lowest BCUT2D eigenvalue weighted by Gasteiger charge is -2.15. The number of guanidine groups is 1. The molecular formula is C17H20BrN5O2S. The van der Waals surface area contributed by atoms with Crippen molar-refractivity contribution in [1.82, 2.24) is 9.88 Å². The molecule has 1 aromatic carbocycles. The number of rotatable bonds is 6. The lowest BCUT2D eigenvalue weighted by atomic mass is 10.0. The molecule has 4 N–H and O–H groups in total. The number of benzene rings is 1. The largest absolute Gasteiger partial charge is 0.370 e. The average Bonchev–Trinajstić information content (AvgIpc) is 3.13. The number of thiazole rings is 1. The van der Waals surface area contributed by atoms with Gasteiger partial charge in [0.15, 0.2) is 5.96 Å². The molecular weight excluding hydrogens is 418 g/mol. The Morgan fingerprint density at radius 3 is 2.42 bits per heavy atom. The van der Waals surface area contributed by atoms with Gasteiger partial charge in [0.25, 0.3) is 11.8 Å². The van der Waals surface area contributed by atoms with Crippen LogP contribution in [0.5, 0.6) is 0 Å². The van der Waals surface area contributed by atoms with Crippen LogP contribution in [0.1, 0.15) is 52.1 Å². The highest BCUT2D eigenvalue weighted by atomic mass is 79.9. The molecule has 9 heteroatoms. The average molecular weight is 438 g/mol. The molecule has 0 fully saturated rings. The molecule has 0 aliphatic carbocycles. The van der Waals surface area contributed by atoms with Crippen molar-refractivity contribution < 1.29 is 9.59 Å². The lowest BCUT2D eigenvalue weighted by Crippen LogP contribution is -2.30. The lowest BCUT2D eigenvalue weighted by molar-refractivity contribution is 0.0651. The minimum absolute atomic E-state index is 0. The monoisotopic (exact) mass is 437 g/mol. The SMILES string of the molecule is Br.CC(CCCN1C(=O)c2ccccc2C1=O)c1csc(N=C(N)N)n1. The normalized spacial score (nSPS) is 14.0. The molecule has 7 nitrogen and oxygen atoms in total. The van der Waals surface area contributed by atoms with Crippen molar-refractivity contribution in [3.8, 4) is 0 Å². The first-order chi connectivity index (χ1) is 12.0. The van der Waals surface area contributed by atoms with Gasteiger partial charge < -0.3 is 11.5 Å². The number of nitrogens with zero attached hydrogens (tertiary/aromatic N) is 3. The van der Waals surface area contributed by atoms with Gasteiger partial charge >= 0.3 is 0 Å². The molecule has 2 heterocycles. The van der Waals surface area contributed by atoms with Crippen LogP contribution < -0.4 is 11.5 Å². The van der Waals surface area contributed by atoms with E-state index < -0.39 is 0 Å². The minimum atomic E-state index is -0.211. The number of carbonyl (C=O) groups is 2. The number of hydrogen-bond acceptors (Lipinski definition) is 5.